The molecule has 2 nitrogen and oxygen atoms in total. The monoisotopic (exact) mass is 259 g/mol. The van der Waals surface area contributed by atoms with Crippen molar-refractivity contribution in [2.45, 2.75) is 56.2 Å². The Kier molecular flexibility index (Phi) is 2.83. The average Bonchev–Trinajstić information content (AvgIpc) is 2.25. The molecule has 0 aromatic heterocycles. The molecule has 2 aliphatic heterocycles. The van der Waals surface area contributed by atoms with Gasteiger partial charge in [-0.15, -0.1) is 11.8 Å². The van der Waals surface area contributed by atoms with E-state index in [0.717, 1.165) is 5.03 Å². The number of amides is 1. The zero-order valence-corrected chi connectivity index (χ0v) is 11.8. The third-order valence-electron chi connectivity index (χ3n) is 3.27. The molecule has 0 N–H and O–H groups in total. The van der Waals surface area contributed by atoms with Crippen LogP contribution >= 0.6 is 23.4 Å². The summed E-state index contributed by atoms with van der Waals surface area (Å²) < 4.78 is 0.0314. The van der Waals surface area contributed by atoms with Crippen LogP contribution in [0.5, 0.6) is 0 Å². The van der Waals surface area contributed by atoms with Crippen LogP contribution in [0.2, 0.25) is 0 Å². The van der Waals surface area contributed by atoms with Crippen molar-refractivity contribution in [3.8, 4) is 0 Å². The number of nitrogens with zero attached hydrogens (tertiary/aromatic N) is 1. The summed E-state index contributed by atoms with van der Waals surface area (Å²) in [5.74, 6) is 0.222. The Labute approximate surface area is 106 Å². The van der Waals surface area contributed by atoms with Gasteiger partial charge in [0, 0.05) is 16.2 Å². The van der Waals surface area contributed by atoms with Crippen molar-refractivity contribution < 1.29 is 4.79 Å². The van der Waals surface area contributed by atoms with Gasteiger partial charge in [-0.1, -0.05) is 11.6 Å². The summed E-state index contributed by atoms with van der Waals surface area (Å²) in [6, 6.07) is 0.120. The molecular formula is C12H18ClNOS. The smallest absolute Gasteiger partial charge is 0.224 e. The molecule has 16 heavy (non-hydrogen) atoms. The molecule has 90 valence electrons. The van der Waals surface area contributed by atoms with Crippen LogP contribution in [0.25, 0.3) is 0 Å². The molecule has 0 aliphatic carbocycles. The van der Waals surface area contributed by atoms with Crippen molar-refractivity contribution in [3.05, 3.63) is 11.1 Å². The lowest BCUT2D eigenvalue weighted by atomic mass is 10.0. The minimum absolute atomic E-state index is 0.0314. The topological polar surface area (TPSA) is 20.3 Å². The molecule has 1 atom stereocenters. The number of hydrogen-bond acceptors (Lipinski definition) is 2. The van der Waals surface area contributed by atoms with Gasteiger partial charge in [0.05, 0.1) is 10.9 Å². The van der Waals surface area contributed by atoms with E-state index in [1.165, 1.54) is 0 Å². The quantitative estimate of drug-likeness (QED) is 0.665. The lowest BCUT2D eigenvalue weighted by Gasteiger charge is -2.33. The first-order valence-electron chi connectivity index (χ1n) is 5.62. The Morgan fingerprint density at radius 1 is 1.38 bits per heavy atom. The zero-order valence-electron chi connectivity index (χ0n) is 10.2. The minimum atomic E-state index is -0.136. The summed E-state index contributed by atoms with van der Waals surface area (Å²) >= 11 is 7.99. The minimum Gasteiger partial charge on any atom is -0.321 e. The summed E-state index contributed by atoms with van der Waals surface area (Å²) in [6.07, 6.45) is 3.28. The molecular weight excluding hydrogens is 242 g/mol. The van der Waals surface area contributed by atoms with Crippen LogP contribution in [-0.4, -0.2) is 26.5 Å². The van der Waals surface area contributed by atoms with E-state index in [1.54, 1.807) is 0 Å². The summed E-state index contributed by atoms with van der Waals surface area (Å²) in [7, 11) is 0. The molecule has 1 saturated heterocycles. The normalized spacial score (nSPS) is 32.1. The standard InChI is InChI=1S/C12H18ClNOS/c1-11(2)9-7-8(13)5-6-10(15)14(9)12(3,4)16-11/h7,9H,5-6H2,1-4H3/t9-/m1/s1. The predicted molar refractivity (Wildman–Crippen MR) is 69.6 cm³/mol. The number of fused-ring (bicyclic) bond motifs is 1. The fourth-order valence-electron chi connectivity index (χ4n) is 2.73. The van der Waals surface area contributed by atoms with Crippen LogP contribution in [0.3, 0.4) is 0 Å². The number of carbonyl (C=O) groups excluding carboxylic acids is 1. The molecule has 1 fully saturated rings. The third kappa shape index (κ3) is 1.88. The molecule has 0 aromatic rings. The maximum Gasteiger partial charge on any atom is 0.224 e. The summed E-state index contributed by atoms with van der Waals surface area (Å²) in [5, 5.41) is 0.826. The van der Waals surface area contributed by atoms with Crippen molar-refractivity contribution in [2.75, 3.05) is 0 Å². The lowest BCUT2D eigenvalue weighted by Crippen LogP contribution is -2.47. The van der Waals surface area contributed by atoms with Gasteiger partial charge in [0.2, 0.25) is 5.91 Å². The van der Waals surface area contributed by atoms with Crippen LogP contribution in [0.4, 0.5) is 0 Å². The molecule has 2 aliphatic rings. The number of allylic oxidation sites excluding steroid dienone is 1. The molecule has 2 heterocycles. The first-order valence-corrected chi connectivity index (χ1v) is 6.82. The Morgan fingerprint density at radius 2 is 2.00 bits per heavy atom. The highest BCUT2D eigenvalue weighted by Gasteiger charge is 2.53. The molecule has 0 radical (unpaired) electrons. The van der Waals surface area contributed by atoms with E-state index in [1.807, 2.05) is 16.7 Å². The van der Waals surface area contributed by atoms with Gasteiger partial charge in [-0.05, 0) is 40.2 Å². The van der Waals surface area contributed by atoms with E-state index in [4.69, 9.17) is 11.6 Å². The van der Waals surface area contributed by atoms with Crippen LogP contribution in [-0.2, 0) is 4.79 Å². The Hall–Kier alpha value is -0.150. The summed E-state index contributed by atoms with van der Waals surface area (Å²) in [6.45, 7) is 8.60. The largest absolute Gasteiger partial charge is 0.321 e. The van der Waals surface area contributed by atoms with Gasteiger partial charge >= 0.3 is 0 Å². The molecule has 0 unspecified atom stereocenters. The van der Waals surface area contributed by atoms with Crippen molar-refractivity contribution in [1.29, 1.82) is 0 Å². The molecule has 4 heteroatoms. The van der Waals surface area contributed by atoms with Gasteiger partial charge in [-0.2, -0.15) is 0 Å². The van der Waals surface area contributed by atoms with Gasteiger partial charge in [-0.25, -0.2) is 0 Å². The second kappa shape index (κ2) is 3.67. The van der Waals surface area contributed by atoms with Crippen LogP contribution in [0, 0.1) is 0 Å². The Bertz CT molecular complexity index is 362. The average molecular weight is 260 g/mol. The SMILES string of the molecule is CC1(C)SC(C)(C)N2C(=O)CCC(Cl)=C[C@@H]21. The van der Waals surface area contributed by atoms with Crippen molar-refractivity contribution in [2.24, 2.45) is 0 Å². The van der Waals surface area contributed by atoms with E-state index in [0.29, 0.717) is 12.8 Å². The molecule has 0 saturated carbocycles. The third-order valence-corrected chi connectivity index (χ3v) is 5.05. The molecule has 0 aromatic carbocycles. The number of hydrogen-bond donors (Lipinski definition) is 0. The van der Waals surface area contributed by atoms with E-state index in [9.17, 15) is 4.79 Å². The summed E-state index contributed by atoms with van der Waals surface area (Å²) in [5.41, 5.74) is 0. The van der Waals surface area contributed by atoms with Crippen LogP contribution in [0.1, 0.15) is 40.5 Å². The fraction of sp³-hybridized carbons (Fsp3) is 0.750. The van der Waals surface area contributed by atoms with Crippen molar-refractivity contribution >= 4 is 29.3 Å². The van der Waals surface area contributed by atoms with E-state index in [-0.39, 0.29) is 21.6 Å². The highest BCUT2D eigenvalue weighted by Crippen LogP contribution is 2.52. The first-order chi connectivity index (χ1) is 7.24. The molecule has 0 bridgehead atoms. The first kappa shape index (κ1) is 12.3. The van der Waals surface area contributed by atoms with E-state index < -0.39 is 0 Å². The van der Waals surface area contributed by atoms with Crippen LogP contribution < -0.4 is 0 Å². The summed E-state index contributed by atoms with van der Waals surface area (Å²) in [4.78, 5) is 14.0. The van der Waals surface area contributed by atoms with Gasteiger partial charge in [0.1, 0.15) is 0 Å². The molecule has 2 rings (SSSR count). The van der Waals surface area contributed by atoms with Gasteiger partial charge in [0.15, 0.2) is 0 Å². The van der Waals surface area contributed by atoms with Gasteiger partial charge < -0.3 is 4.90 Å². The van der Waals surface area contributed by atoms with Crippen LogP contribution in [0.15, 0.2) is 11.1 Å². The number of thioether (sulfide) groups is 1. The Balaban J connectivity index is 2.47. The molecule has 1 amide bonds. The lowest BCUT2D eigenvalue weighted by molar-refractivity contribution is -0.134. The molecule has 0 spiro atoms. The second-order valence-electron chi connectivity index (χ2n) is 5.47. The van der Waals surface area contributed by atoms with Gasteiger partial charge in [-0.3, -0.25) is 4.79 Å². The van der Waals surface area contributed by atoms with E-state index >= 15 is 0 Å². The highest BCUT2D eigenvalue weighted by molar-refractivity contribution is 8.02. The maximum absolute atomic E-state index is 12.2. The Morgan fingerprint density at radius 3 is 2.62 bits per heavy atom. The number of halogens is 1. The van der Waals surface area contributed by atoms with Crippen molar-refractivity contribution in [3.63, 3.8) is 0 Å². The van der Waals surface area contributed by atoms with E-state index in [2.05, 4.69) is 33.8 Å². The highest BCUT2D eigenvalue weighted by atomic mass is 35.5. The fourth-order valence-corrected chi connectivity index (χ4v) is 4.84. The maximum atomic E-state index is 12.2. The number of rotatable bonds is 0. The number of carbonyl (C=O) groups is 1. The predicted octanol–water partition coefficient (Wildman–Crippen LogP) is 3.36. The second-order valence-corrected chi connectivity index (χ2v) is 8.22. The van der Waals surface area contributed by atoms with Gasteiger partial charge in [0.25, 0.3) is 0 Å². The zero-order chi connectivity index (χ0) is 12.1. The van der Waals surface area contributed by atoms with Crippen molar-refractivity contribution in [1.82, 2.24) is 4.90 Å².